The van der Waals surface area contributed by atoms with E-state index in [4.69, 9.17) is 5.11 Å². The van der Waals surface area contributed by atoms with Crippen molar-refractivity contribution in [2.24, 2.45) is 5.92 Å². The number of carbonyl (C=O) groups is 2. The Balaban J connectivity index is 2.27. The van der Waals surface area contributed by atoms with Gasteiger partial charge in [0, 0.05) is 12.6 Å². The van der Waals surface area contributed by atoms with Crippen LogP contribution >= 0.6 is 0 Å². The lowest BCUT2D eigenvalue weighted by molar-refractivity contribution is -0.141. The molecule has 1 amide bonds. The molecule has 6 heteroatoms. The summed E-state index contributed by atoms with van der Waals surface area (Å²) in [6, 6.07) is 1.78. The van der Waals surface area contributed by atoms with E-state index in [0.717, 1.165) is 25.0 Å². The number of aryl methyl sites for hydroxylation is 1. The number of nitrogens with zero attached hydrogens (tertiary/aromatic N) is 1. The number of hydrogen-bond acceptors (Lipinski definition) is 2. The molecule has 0 spiro atoms. The fourth-order valence-corrected chi connectivity index (χ4v) is 2.12. The van der Waals surface area contributed by atoms with Gasteiger partial charge in [-0.05, 0) is 37.5 Å². The first-order valence-electron chi connectivity index (χ1n) is 6.80. The van der Waals surface area contributed by atoms with E-state index in [1.807, 2.05) is 0 Å². The van der Waals surface area contributed by atoms with E-state index < -0.39 is 29.4 Å². The monoisotopic (exact) mass is 297 g/mol. The molecule has 0 saturated heterocycles. The highest BCUT2D eigenvalue weighted by atomic mass is 19.1. The molecule has 4 nitrogen and oxygen atoms in total. The average Bonchev–Trinajstić information content (AvgIpc) is 3.23. The third-order valence-corrected chi connectivity index (χ3v) is 3.62. The summed E-state index contributed by atoms with van der Waals surface area (Å²) in [7, 11) is 0. The first-order valence-corrected chi connectivity index (χ1v) is 6.80. The van der Waals surface area contributed by atoms with Gasteiger partial charge < -0.3 is 10.0 Å². The van der Waals surface area contributed by atoms with Crippen molar-refractivity contribution in [2.45, 2.75) is 32.7 Å². The minimum absolute atomic E-state index is 0.00618. The van der Waals surface area contributed by atoms with Crippen LogP contribution in [-0.4, -0.2) is 34.5 Å². The minimum atomic E-state index is -1.02. The number of halogens is 2. The van der Waals surface area contributed by atoms with Crippen LogP contribution in [0.3, 0.4) is 0 Å². The van der Waals surface area contributed by atoms with Gasteiger partial charge in [-0.1, -0.05) is 6.92 Å². The zero-order valence-corrected chi connectivity index (χ0v) is 11.9. The van der Waals surface area contributed by atoms with Gasteiger partial charge in [0.15, 0.2) is 0 Å². The molecule has 0 radical (unpaired) electrons. The van der Waals surface area contributed by atoms with Crippen LogP contribution in [0.25, 0.3) is 0 Å². The van der Waals surface area contributed by atoms with Crippen molar-refractivity contribution in [1.82, 2.24) is 4.90 Å². The standard InChI is InChI=1S/C15H17F2NO3/c1-8-5-13(17)11(6-12(8)16)14(19)18(10-3-4-10)7-9(2)15(20)21/h5-6,9-10H,3-4,7H2,1-2H3,(H,20,21)/t9-/m1/s1. The molecule has 1 fully saturated rings. The predicted octanol–water partition coefficient (Wildman–Crippen LogP) is 2.60. The van der Waals surface area contributed by atoms with Gasteiger partial charge in [0.1, 0.15) is 11.6 Å². The number of carboxylic acid groups (broad SMARTS) is 1. The van der Waals surface area contributed by atoms with Gasteiger partial charge in [0.05, 0.1) is 11.5 Å². The van der Waals surface area contributed by atoms with E-state index >= 15 is 0 Å². The zero-order chi connectivity index (χ0) is 15.7. The van der Waals surface area contributed by atoms with Crippen LogP contribution in [0.2, 0.25) is 0 Å². The van der Waals surface area contributed by atoms with Gasteiger partial charge in [-0.2, -0.15) is 0 Å². The summed E-state index contributed by atoms with van der Waals surface area (Å²) in [5, 5.41) is 8.95. The minimum Gasteiger partial charge on any atom is -0.481 e. The number of hydrogen-bond donors (Lipinski definition) is 1. The Morgan fingerprint density at radius 1 is 1.33 bits per heavy atom. The maximum Gasteiger partial charge on any atom is 0.308 e. The molecular weight excluding hydrogens is 280 g/mol. The summed E-state index contributed by atoms with van der Waals surface area (Å²) < 4.78 is 27.4. The largest absolute Gasteiger partial charge is 0.481 e. The molecule has 1 N–H and O–H groups in total. The lowest BCUT2D eigenvalue weighted by Gasteiger charge is -2.24. The summed E-state index contributed by atoms with van der Waals surface area (Å²) in [4.78, 5) is 24.7. The van der Waals surface area contributed by atoms with Crippen molar-refractivity contribution in [3.63, 3.8) is 0 Å². The molecule has 0 heterocycles. The fraction of sp³-hybridized carbons (Fsp3) is 0.467. The predicted molar refractivity (Wildman–Crippen MR) is 72.0 cm³/mol. The van der Waals surface area contributed by atoms with Crippen LogP contribution in [0.1, 0.15) is 35.7 Å². The van der Waals surface area contributed by atoms with Crippen molar-refractivity contribution >= 4 is 11.9 Å². The molecule has 1 aromatic rings. The highest BCUT2D eigenvalue weighted by Gasteiger charge is 2.36. The molecule has 1 aliphatic rings. The molecular formula is C15H17F2NO3. The summed E-state index contributed by atoms with van der Waals surface area (Å²) in [6.45, 7) is 2.89. The maximum absolute atomic E-state index is 13.9. The Morgan fingerprint density at radius 2 is 1.95 bits per heavy atom. The van der Waals surface area contributed by atoms with E-state index in [-0.39, 0.29) is 23.7 Å². The van der Waals surface area contributed by atoms with Crippen molar-refractivity contribution in [3.05, 3.63) is 34.9 Å². The smallest absolute Gasteiger partial charge is 0.308 e. The number of rotatable bonds is 5. The second kappa shape index (κ2) is 5.79. The van der Waals surface area contributed by atoms with E-state index in [9.17, 15) is 18.4 Å². The molecule has 1 aliphatic carbocycles. The van der Waals surface area contributed by atoms with E-state index in [1.165, 1.54) is 18.7 Å². The van der Waals surface area contributed by atoms with E-state index in [0.29, 0.717) is 0 Å². The Morgan fingerprint density at radius 3 is 2.48 bits per heavy atom. The summed E-state index contributed by atoms with van der Waals surface area (Å²) in [6.07, 6.45) is 1.52. The number of amides is 1. The van der Waals surface area contributed by atoms with Crippen LogP contribution in [0.5, 0.6) is 0 Å². The van der Waals surface area contributed by atoms with Crippen LogP contribution < -0.4 is 0 Å². The van der Waals surface area contributed by atoms with Crippen molar-refractivity contribution in [3.8, 4) is 0 Å². The molecule has 1 aromatic carbocycles. The Bertz CT molecular complexity index is 585. The lowest BCUT2D eigenvalue weighted by Crippen LogP contribution is -2.39. The van der Waals surface area contributed by atoms with Crippen LogP contribution in [0.4, 0.5) is 8.78 Å². The maximum atomic E-state index is 13.9. The summed E-state index contributed by atoms with van der Waals surface area (Å²) in [5.74, 6) is -3.87. The molecule has 1 atom stereocenters. The van der Waals surface area contributed by atoms with Crippen molar-refractivity contribution < 1.29 is 23.5 Å². The molecule has 2 rings (SSSR count). The molecule has 0 unspecified atom stereocenters. The lowest BCUT2D eigenvalue weighted by atomic mass is 10.1. The number of aliphatic carboxylic acids is 1. The van der Waals surface area contributed by atoms with Gasteiger partial charge in [-0.15, -0.1) is 0 Å². The topological polar surface area (TPSA) is 57.6 Å². The van der Waals surface area contributed by atoms with E-state index in [1.54, 1.807) is 0 Å². The molecule has 1 saturated carbocycles. The van der Waals surface area contributed by atoms with Crippen LogP contribution in [0, 0.1) is 24.5 Å². The first-order chi connectivity index (χ1) is 9.81. The molecule has 114 valence electrons. The fourth-order valence-electron chi connectivity index (χ4n) is 2.12. The highest BCUT2D eigenvalue weighted by molar-refractivity contribution is 5.95. The van der Waals surface area contributed by atoms with Gasteiger partial charge in [-0.25, -0.2) is 8.78 Å². The summed E-state index contributed by atoms with van der Waals surface area (Å²) >= 11 is 0. The van der Waals surface area contributed by atoms with Crippen LogP contribution in [0.15, 0.2) is 12.1 Å². The Kier molecular flexibility index (Phi) is 4.25. The third kappa shape index (κ3) is 3.37. The van der Waals surface area contributed by atoms with Crippen LogP contribution in [-0.2, 0) is 4.79 Å². The third-order valence-electron chi connectivity index (χ3n) is 3.62. The molecule has 0 aliphatic heterocycles. The number of carboxylic acids is 1. The quantitative estimate of drug-likeness (QED) is 0.909. The molecule has 0 aromatic heterocycles. The second-order valence-electron chi connectivity index (χ2n) is 5.51. The highest BCUT2D eigenvalue weighted by Crippen LogP contribution is 2.30. The first kappa shape index (κ1) is 15.4. The molecule has 21 heavy (non-hydrogen) atoms. The Labute approximate surface area is 121 Å². The van der Waals surface area contributed by atoms with Gasteiger partial charge in [0.25, 0.3) is 5.91 Å². The SMILES string of the molecule is Cc1cc(F)c(C(=O)N(C[C@@H](C)C(=O)O)C2CC2)cc1F. The molecule has 0 bridgehead atoms. The second-order valence-corrected chi connectivity index (χ2v) is 5.51. The van der Waals surface area contributed by atoms with E-state index in [2.05, 4.69) is 0 Å². The zero-order valence-electron chi connectivity index (χ0n) is 11.9. The van der Waals surface area contributed by atoms with Gasteiger partial charge in [-0.3, -0.25) is 9.59 Å². The van der Waals surface area contributed by atoms with Crippen molar-refractivity contribution in [1.29, 1.82) is 0 Å². The van der Waals surface area contributed by atoms with Gasteiger partial charge in [0.2, 0.25) is 0 Å². The van der Waals surface area contributed by atoms with Crippen molar-refractivity contribution in [2.75, 3.05) is 6.54 Å². The Hall–Kier alpha value is -1.98. The number of carbonyl (C=O) groups excluding carboxylic acids is 1. The summed E-state index contributed by atoms with van der Waals surface area (Å²) in [5.41, 5.74) is -0.219. The average molecular weight is 297 g/mol. The van der Waals surface area contributed by atoms with Gasteiger partial charge >= 0.3 is 5.97 Å². The number of benzene rings is 1. The normalized spacial score (nSPS) is 15.6.